The molecule has 0 heterocycles. The Labute approximate surface area is 60.5 Å². The number of thioether (sulfide) groups is 1. The first-order valence-corrected chi connectivity index (χ1v) is 3.76. The van der Waals surface area contributed by atoms with E-state index >= 15 is 0 Å². The summed E-state index contributed by atoms with van der Waals surface area (Å²) in [5.74, 6) is 0. The molecule has 0 saturated heterocycles. The number of aliphatic hydroxyl groups excluding tert-OH is 1. The zero-order valence-corrected chi connectivity index (χ0v) is 6.45. The van der Waals surface area contributed by atoms with E-state index in [1.54, 1.807) is 17.2 Å². The molecule has 0 fully saturated rings. The maximum absolute atomic E-state index is 8.51. The lowest BCUT2D eigenvalue weighted by Crippen LogP contribution is -1.81. The second-order valence-corrected chi connectivity index (χ2v) is 2.61. The summed E-state index contributed by atoms with van der Waals surface area (Å²) in [6, 6.07) is 0. The van der Waals surface area contributed by atoms with E-state index in [1.165, 1.54) is 4.91 Å². The minimum absolute atomic E-state index is 0.223. The Bertz CT molecular complexity index is 107. The lowest BCUT2D eigenvalue weighted by molar-refractivity contribution is 0.301. The summed E-state index contributed by atoms with van der Waals surface area (Å²) in [6.07, 6.45) is 2.73. The predicted molar refractivity (Wildman–Crippen MR) is 43.2 cm³/mol. The summed E-state index contributed by atoms with van der Waals surface area (Å²) in [4.78, 5) is 1.17. The van der Waals surface area contributed by atoms with Crippen molar-refractivity contribution in [2.45, 2.75) is 13.3 Å². The van der Waals surface area contributed by atoms with Crippen LogP contribution in [-0.4, -0.2) is 11.7 Å². The zero-order valence-electron chi connectivity index (χ0n) is 5.63. The Hall–Kier alpha value is -0.210. The fourth-order valence-corrected chi connectivity index (χ4v) is 1.05. The van der Waals surface area contributed by atoms with Gasteiger partial charge in [0, 0.05) is 13.0 Å². The van der Waals surface area contributed by atoms with Gasteiger partial charge in [-0.3, -0.25) is 0 Å². The topological polar surface area (TPSA) is 20.2 Å². The van der Waals surface area contributed by atoms with Gasteiger partial charge in [0.25, 0.3) is 0 Å². The van der Waals surface area contributed by atoms with Gasteiger partial charge in [-0.15, -0.1) is 11.8 Å². The SMILES string of the molecule is C=CS/C(=C/C)CCO. The van der Waals surface area contributed by atoms with Crippen molar-refractivity contribution in [2.24, 2.45) is 0 Å². The average Bonchev–Trinajstić information content (AvgIpc) is 1.88. The van der Waals surface area contributed by atoms with Crippen LogP contribution in [0.2, 0.25) is 0 Å². The molecule has 0 aromatic carbocycles. The smallest absolute Gasteiger partial charge is 0.0476 e. The quantitative estimate of drug-likeness (QED) is 0.652. The molecule has 2 heteroatoms. The molecule has 52 valence electrons. The summed E-state index contributed by atoms with van der Waals surface area (Å²) >= 11 is 1.57. The second kappa shape index (κ2) is 5.92. The molecule has 0 aromatic rings. The zero-order chi connectivity index (χ0) is 7.11. The molecule has 9 heavy (non-hydrogen) atoms. The van der Waals surface area contributed by atoms with Crippen LogP contribution in [0.25, 0.3) is 0 Å². The molecule has 0 aromatic heterocycles. The molecule has 0 atom stereocenters. The molecule has 0 aliphatic rings. The Balaban J connectivity index is 3.55. The summed E-state index contributed by atoms with van der Waals surface area (Å²) in [5, 5.41) is 10.3. The van der Waals surface area contributed by atoms with E-state index in [9.17, 15) is 0 Å². The number of rotatable bonds is 4. The van der Waals surface area contributed by atoms with Gasteiger partial charge in [0.05, 0.1) is 0 Å². The normalized spacial score (nSPS) is 11.6. The molecule has 0 bridgehead atoms. The van der Waals surface area contributed by atoms with Crippen molar-refractivity contribution in [1.82, 2.24) is 0 Å². The van der Waals surface area contributed by atoms with Gasteiger partial charge in [-0.25, -0.2) is 0 Å². The highest BCUT2D eigenvalue weighted by atomic mass is 32.2. The van der Waals surface area contributed by atoms with Crippen LogP contribution in [-0.2, 0) is 0 Å². The van der Waals surface area contributed by atoms with Crippen molar-refractivity contribution in [3.8, 4) is 0 Å². The average molecular weight is 144 g/mol. The van der Waals surface area contributed by atoms with Gasteiger partial charge < -0.3 is 5.11 Å². The van der Waals surface area contributed by atoms with Crippen LogP contribution in [0.5, 0.6) is 0 Å². The van der Waals surface area contributed by atoms with Crippen LogP contribution in [0.4, 0.5) is 0 Å². The minimum atomic E-state index is 0.223. The maximum Gasteiger partial charge on any atom is 0.0476 e. The summed E-state index contributed by atoms with van der Waals surface area (Å²) in [5.41, 5.74) is 0. The minimum Gasteiger partial charge on any atom is -0.396 e. The maximum atomic E-state index is 8.51. The first kappa shape index (κ1) is 8.79. The number of hydrogen-bond donors (Lipinski definition) is 1. The van der Waals surface area contributed by atoms with Crippen molar-refractivity contribution in [3.63, 3.8) is 0 Å². The third kappa shape index (κ3) is 4.30. The Morgan fingerprint density at radius 1 is 1.78 bits per heavy atom. The van der Waals surface area contributed by atoms with Crippen molar-refractivity contribution in [1.29, 1.82) is 0 Å². The lowest BCUT2D eigenvalue weighted by atomic mass is 10.4. The molecule has 0 aliphatic carbocycles. The highest BCUT2D eigenvalue weighted by molar-refractivity contribution is 8.05. The summed E-state index contributed by atoms with van der Waals surface area (Å²) < 4.78 is 0. The van der Waals surface area contributed by atoms with E-state index in [0.29, 0.717) is 0 Å². The number of aliphatic hydroxyl groups is 1. The van der Waals surface area contributed by atoms with Gasteiger partial charge >= 0.3 is 0 Å². The van der Waals surface area contributed by atoms with Gasteiger partial charge in [-0.1, -0.05) is 12.7 Å². The number of allylic oxidation sites excluding steroid dienone is 1. The van der Waals surface area contributed by atoms with Crippen LogP contribution in [0.15, 0.2) is 23.0 Å². The van der Waals surface area contributed by atoms with Gasteiger partial charge in [-0.05, 0) is 17.2 Å². The standard InChI is InChI=1S/C7H12OS/c1-3-7(5-6-8)9-4-2/h3-4,8H,2,5-6H2,1H3/b7-3+. The lowest BCUT2D eigenvalue weighted by Gasteiger charge is -1.97. The molecule has 1 nitrogen and oxygen atoms in total. The molecule has 0 radical (unpaired) electrons. The summed E-state index contributed by atoms with van der Waals surface area (Å²) in [7, 11) is 0. The van der Waals surface area contributed by atoms with Crippen molar-refractivity contribution in [2.75, 3.05) is 6.61 Å². The van der Waals surface area contributed by atoms with Crippen molar-refractivity contribution in [3.05, 3.63) is 23.0 Å². The molecular formula is C7H12OS. The van der Waals surface area contributed by atoms with Crippen molar-refractivity contribution >= 4 is 11.8 Å². The van der Waals surface area contributed by atoms with E-state index in [-0.39, 0.29) is 6.61 Å². The van der Waals surface area contributed by atoms with E-state index < -0.39 is 0 Å². The van der Waals surface area contributed by atoms with E-state index in [2.05, 4.69) is 6.58 Å². The Kier molecular flexibility index (Phi) is 5.78. The molecule has 0 spiro atoms. The van der Waals surface area contributed by atoms with Gasteiger partial charge in [-0.2, -0.15) is 0 Å². The first-order valence-electron chi connectivity index (χ1n) is 2.88. The molecule has 0 amide bonds. The van der Waals surface area contributed by atoms with Gasteiger partial charge in [0.15, 0.2) is 0 Å². The summed E-state index contributed by atoms with van der Waals surface area (Å²) in [6.45, 7) is 5.75. The van der Waals surface area contributed by atoms with Gasteiger partial charge in [0.2, 0.25) is 0 Å². The molecule has 0 aliphatic heterocycles. The highest BCUT2D eigenvalue weighted by Crippen LogP contribution is 2.18. The molecule has 0 unspecified atom stereocenters. The monoisotopic (exact) mass is 144 g/mol. The molecule has 1 N–H and O–H groups in total. The van der Waals surface area contributed by atoms with E-state index in [0.717, 1.165) is 6.42 Å². The third-order valence-electron chi connectivity index (χ3n) is 0.915. The van der Waals surface area contributed by atoms with Crippen LogP contribution < -0.4 is 0 Å². The largest absolute Gasteiger partial charge is 0.396 e. The predicted octanol–water partition coefficient (Wildman–Crippen LogP) is 2.15. The highest BCUT2D eigenvalue weighted by Gasteiger charge is 1.90. The Morgan fingerprint density at radius 3 is 2.78 bits per heavy atom. The van der Waals surface area contributed by atoms with Crippen LogP contribution in [0.1, 0.15) is 13.3 Å². The fourth-order valence-electron chi connectivity index (χ4n) is 0.489. The van der Waals surface area contributed by atoms with Crippen molar-refractivity contribution < 1.29 is 5.11 Å². The second-order valence-electron chi connectivity index (χ2n) is 1.51. The van der Waals surface area contributed by atoms with Crippen LogP contribution in [0.3, 0.4) is 0 Å². The van der Waals surface area contributed by atoms with E-state index in [4.69, 9.17) is 5.11 Å². The number of hydrogen-bond acceptors (Lipinski definition) is 2. The van der Waals surface area contributed by atoms with E-state index in [1.807, 2.05) is 13.0 Å². The van der Waals surface area contributed by atoms with Crippen LogP contribution >= 0.6 is 11.8 Å². The first-order chi connectivity index (χ1) is 4.35. The molecular weight excluding hydrogens is 132 g/mol. The van der Waals surface area contributed by atoms with Crippen LogP contribution in [0, 0.1) is 0 Å². The molecule has 0 saturated carbocycles. The molecule has 0 rings (SSSR count). The Morgan fingerprint density at radius 2 is 2.44 bits per heavy atom. The van der Waals surface area contributed by atoms with Gasteiger partial charge in [0.1, 0.15) is 0 Å². The third-order valence-corrected chi connectivity index (χ3v) is 1.82. The fraction of sp³-hybridized carbons (Fsp3) is 0.429.